The molecule has 0 aromatic heterocycles. The van der Waals surface area contributed by atoms with Gasteiger partial charge in [0.05, 0.1) is 0 Å². The van der Waals surface area contributed by atoms with Gasteiger partial charge in [-0.25, -0.2) is 0 Å². The third kappa shape index (κ3) is 9.12. The fourth-order valence-electron chi connectivity index (χ4n) is 9.42. The van der Waals surface area contributed by atoms with Crippen molar-refractivity contribution in [1.82, 2.24) is 0 Å². The Bertz CT molecular complexity index is 2730. The van der Waals surface area contributed by atoms with E-state index < -0.39 is 0 Å². The molecule has 0 spiro atoms. The van der Waals surface area contributed by atoms with Crippen LogP contribution in [0.4, 0.5) is 0 Å². The Hall–Kier alpha value is -6.86. The lowest BCUT2D eigenvalue weighted by Crippen LogP contribution is -2.06. The summed E-state index contributed by atoms with van der Waals surface area (Å²) >= 11 is 0. The normalized spacial score (nSPS) is 11.4. The monoisotopic (exact) mass is 856 g/mol. The van der Waals surface area contributed by atoms with Crippen molar-refractivity contribution in [3.63, 3.8) is 0 Å². The fourth-order valence-corrected chi connectivity index (χ4v) is 9.42. The summed E-state index contributed by atoms with van der Waals surface area (Å²) in [5.41, 5.74) is 18.5. The van der Waals surface area contributed by atoms with Gasteiger partial charge in [0.15, 0.2) is 0 Å². The van der Waals surface area contributed by atoms with Crippen LogP contribution in [0.15, 0.2) is 84.9 Å². The third-order valence-corrected chi connectivity index (χ3v) is 13.5. The van der Waals surface area contributed by atoms with E-state index in [4.69, 9.17) is 0 Å². The number of hydrogen-bond donors (Lipinski definition) is 7. The minimum absolute atomic E-state index is 0.189. The van der Waals surface area contributed by atoms with Crippen molar-refractivity contribution in [2.45, 2.75) is 101 Å². The maximum absolute atomic E-state index is 12.0. The van der Waals surface area contributed by atoms with E-state index in [0.29, 0.717) is 38.5 Å². The highest BCUT2D eigenvalue weighted by Gasteiger charge is 2.22. The van der Waals surface area contributed by atoms with Crippen LogP contribution < -0.4 is 0 Å². The second kappa shape index (κ2) is 18.1. The average molecular weight is 857 g/mol. The van der Waals surface area contributed by atoms with Crippen LogP contribution in [-0.4, -0.2) is 35.7 Å². The highest BCUT2D eigenvalue weighted by atomic mass is 16.3. The topological polar surface area (TPSA) is 142 Å². The summed E-state index contributed by atoms with van der Waals surface area (Å²) in [4.78, 5) is 0. The van der Waals surface area contributed by atoms with Crippen LogP contribution in [0.1, 0.15) is 117 Å². The standard InChI is InChI=1S/C57H60O7/c1-30-18-45(26-41-20-31(2)55(62)51(35(41)6)28-43-22-33(4)53(60)49(37(43)8)24-39-10-14-47(58)15-11-39)57(64)46(19-30)27-42-21-32(3)56(63)52(36(42)7)29-44-23-34(5)54(61)50(38(44)9)25-40-12-16-48(59)17-13-40/h10-23,58-64H,24-29H2,1-9H3. The van der Waals surface area contributed by atoms with Gasteiger partial charge >= 0.3 is 0 Å². The van der Waals surface area contributed by atoms with E-state index in [1.165, 1.54) is 0 Å². The first-order valence-electron chi connectivity index (χ1n) is 21.9. The lowest BCUT2D eigenvalue weighted by atomic mass is 9.85. The molecule has 0 saturated carbocycles. The molecule has 0 amide bonds. The largest absolute Gasteiger partial charge is 0.508 e. The molecular weight excluding hydrogens is 797 g/mol. The molecule has 0 unspecified atom stereocenters. The summed E-state index contributed by atoms with van der Waals surface area (Å²) in [5, 5.41) is 77.0. The van der Waals surface area contributed by atoms with E-state index in [-0.39, 0.29) is 40.2 Å². The summed E-state index contributed by atoms with van der Waals surface area (Å²) in [6, 6.07) is 26.0. The molecule has 0 radical (unpaired) electrons. The van der Waals surface area contributed by atoms with E-state index in [1.807, 2.05) is 123 Å². The molecule has 7 N–H and O–H groups in total. The summed E-state index contributed by atoms with van der Waals surface area (Å²) in [7, 11) is 0. The van der Waals surface area contributed by atoms with Gasteiger partial charge in [0.1, 0.15) is 40.2 Å². The molecule has 7 nitrogen and oxygen atoms in total. The van der Waals surface area contributed by atoms with Crippen LogP contribution in [0.25, 0.3) is 0 Å². The lowest BCUT2D eigenvalue weighted by Gasteiger charge is -2.21. The zero-order valence-electron chi connectivity index (χ0n) is 38.5. The fraction of sp³-hybridized carbons (Fsp3) is 0.263. The highest BCUT2D eigenvalue weighted by Crippen LogP contribution is 2.40. The molecule has 0 aliphatic carbocycles. The number of phenolic OH excluding ortho intramolecular Hbond substituents is 7. The third-order valence-electron chi connectivity index (χ3n) is 13.5. The molecule has 0 heterocycles. The van der Waals surface area contributed by atoms with Crippen molar-refractivity contribution in [3.8, 4) is 40.2 Å². The Morgan fingerprint density at radius 3 is 0.844 bits per heavy atom. The van der Waals surface area contributed by atoms with Crippen molar-refractivity contribution >= 4 is 0 Å². The molecule has 330 valence electrons. The predicted molar refractivity (Wildman–Crippen MR) is 256 cm³/mol. The Kier molecular flexibility index (Phi) is 12.8. The van der Waals surface area contributed by atoms with Gasteiger partial charge in [0, 0.05) is 60.8 Å². The van der Waals surface area contributed by atoms with Crippen molar-refractivity contribution in [1.29, 1.82) is 0 Å². The molecule has 0 atom stereocenters. The molecule has 0 saturated heterocycles. The number of aromatic hydroxyl groups is 7. The Morgan fingerprint density at radius 1 is 0.281 bits per heavy atom. The molecular formula is C57H60O7. The molecule has 0 fully saturated rings. The molecule has 0 aliphatic heterocycles. The van der Waals surface area contributed by atoms with Crippen LogP contribution >= 0.6 is 0 Å². The van der Waals surface area contributed by atoms with Crippen LogP contribution in [0, 0.1) is 62.3 Å². The van der Waals surface area contributed by atoms with Crippen molar-refractivity contribution in [3.05, 3.63) is 202 Å². The van der Waals surface area contributed by atoms with Crippen molar-refractivity contribution in [2.75, 3.05) is 0 Å². The van der Waals surface area contributed by atoms with Gasteiger partial charge in [-0.1, -0.05) is 66.2 Å². The first-order valence-corrected chi connectivity index (χ1v) is 21.9. The van der Waals surface area contributed by atoms with Gasteiger partial charge in [-0.3, -0.25) is 0 Å². The SMILES string of the molecule is Cc1cc(Cc2cc(C)c(O)c(Cc3cc(C)c(O)c(Cc4ccc(O)cc4)c3C)c2C)c(O)c(Cc2cc(C)c(O)c(Cc3cc(C)c(O)c(Cc4ccc(O)cc4)c3C)c2C)c1. The zero-order valence-corrected chi connectivity index (χ0v) is 38.5. The maximum Gasteiger partial charge on any atom is 0.122 e. The summed E-state index contributed by atoms with van der Waals surface area (Å²) in [5.74, 6) is 1.57. The van der Waals surface area contributed by atoms with E-state index in [0.717, 1.165) is 117 Å². The molecule has 7 aromatic rings. The van der Waals surface area contributed by atoms with Crippen molar-refractivity contribution < 1.29 is 35.7 Å². The molecule has 7 aromatic carbocycles. The van der Waals surface area contributed by atoms with E-state index in [1.54, 1.807) is 24.3 Å². The molecule has 0 bridgehead atoms. The van der Waals surface area contributed by atoms with Gasteiger partial charge in [0.25, 0.3) is 0 Å². The van der Waals surface area contributed by atoms with Gasteiger partial charge < -0.3 is 35.7 Å². The average Bonchev–Trinajstić information content (AvgIpc) is 3.25. The van der Waals surface area contributed by atoms with E-state index in [9.17, 15) is 35.7 Å². The van der Waals surface area contributed by atoms with E-state index >= 15 is 0 Å². The number of rotatable bonds is 12. The van der Waals surface area contributed by atoms with Crippen molar-refractivity contribution in [2.24, 2.45) is 0 Å². The Morgan fingerprint density at radius 2 is 0.547 bits per heavy atom. The van der Waals surface area contributed by atoms with Crippen LogP contribution in [0.3, 0.4) is 0 Å². The molecule has 7 heteroatoms. The lowest BCUT2D eigenvalue weighted by molar-refractivity contribution is 0.461. The number of phenols is 7. The summed E-state index contributed by atoms with van der Waals surface area (Å²) in [6.45, 7) is 17.7. The summed E-state index contributed by atoms with van der Waals surface area (Å²) in [6.07, 6.45) is 2.81. The Labute approximate surface area is 377 Å². The molecule has 0 aliphatic rings. The van der Waals surface area contributed by atoms with E-state index in [2.05, 4.69) is 0 Å². The first-order chi connectivity index (χ1) is 30.3. The first kappa shape index (κ1) is 45.2. The number of aryl methyl sites for hydroxylation is 5. The van der Waals surface area contributed by atoms with Gasteiger partial charge in [-0.05, 0) is 176 Å². The zero-order chi connectivity index (χ0) is 46.3. The number of hydrogen-bond acceptors (Lipinski definition) is 7. The highest BCUT2D eigenvalue weighted by molar-refractivity contribution is 5.60. The minimum atomic E-state index is 0.189. The Balaban J connectivity index is 1.19. The quantitative estimate of drug-likeness (QED) is 0.0649. The smallest absolute Gasteiger partial charge is 0.122 e. The second-order valence-corrected chi connectivity index (χ2v) is 18.0. The van der Waals surface area contributed by atoms with Gasteiger partial charge in [-0.15, -0.1) is 0 Å². The summed E-state index contributed by atoms with van der Waals surface area (Å²) < 4.78 is 0. The maximum atomic E-state index is 12.0. The van der Waals surface area contributed by atoms with Crippen LogP contribution in [-0.2, 0) is 38.5 Å². The van der Waals surface area contributed by atoms with Gasteiger partial charge in [0.2, 0.25) is 0 Å². The molecule has 7 rings (SSSR count). The van der Waals surface area contributed by atoms with Gasteiger partial charge in [-0.2, -0.15) is 0 Å². The number of benzene rings is 7. The minimum Gasteiger partial charge on any atom is -0.508 e. The van der Waals surface area contributed by atoms with Crippen LogP contribution in [0.5, 0.6) is 40.2 Å². The molecule has 64 heavy (non-hydrogen) atoms. The predicted octanol–water partition coefficient (Wildman–Crippen LogP) is 11.9. The van der Waals surface area contributed by atoms with Crippen LogP contribution in [0.2, 0.25) is 0 Å². The second-order valence-electron chi connectivity index (χ2n) is 18.0.